The molecular formula is C17H26N2. The molecule has 0 radical (unpaired) electrons. The van der Waals surface area contributed by atoms with Crippen molar-refractivity contribution < 1.29 is 0 Å². The number of benzene rings is 1. The van der Waals surface area contributed by atoms with Crippen LogP contribution in [0.1, 0.15) is 46.0 Å². The molecule has 3 rings (SSSR count). The fraction of sp³-hybridized carbons (Fsp3) is 0.647. The lowest BCUT2D eigenvalue weighted by molar-refractivity contribution is 0.274. The van der Waals surface area contributed by atoms with E-state index < -0.39 is 0 Å². The summed E-state index contributed by atoms with van der Waals surface area (Å²) in [5.74, 6) is 0.877. The quantitative estimate of drug-likeness (QED) is 0.852. The predicted octanol–water partition coefficient (Wildman–Crippen LogP) is 4.28. The van der Waals surface area contributed by atoms with E-state index in [1.54, 1.807) is 0 Å². The highest BCUT2D eigenvalue weighted by Crippen LogP contribution is 2.39. The first-order valence-electron chi connectivity index (χ1n) is 7.92. The molecule has 0 amide bonds. The minimum absolute atomic E-state index is 0.604. The summed E-state index contributed by atoms with van der Waals surface area (Å²) < 4.78 is 0. The molecule has 0 spiro atoms. The van der Waals surface area contributed by atoms with Crippen molar-refractivity contribution >= 4 is 11.4 Å². The van der Waals surface area contributed by atoms with Crippen LogP contribution in [-0.4, -0.2) is 18.6 Å². The molecule has 1 aromatic rings. The van der Waals surface area contributed by atoms with Crippen LogP contribution in [-0.2, 0) is 0 Å². The van der Waals surface area contributed by atoms with Crippen LogP contribution in [0.5, 0.6) is 0 Å². The van der Waals surface area contributed by atoms with E-state index in [1.807, 2.05) is 0 Å². The summed E-state index contributed by atoms with van der Waals surface area (Å²) in [6.45, 7) is 5.80. The zero-order valence-corrected chi connectivity index (χ0v) is 12.2. The zero-order chi connectivity index (χ0) is 13.2. The third-order valence-electron chi connectivity index (χ3n) is 5.00. The summed E-state index contributed by atoms with van der Waals surface area (Å²) in [5.41, 5.74) is 2.74. The average Bonchev–Trinajstić information content (AvgIpc) is 2.47. The van der Waals surface area contributed by atoms with Gasteiger partial charge in [-0.05, 0) is 37.8 Å². The second-order valence-electron chi connectivity index (χ2n) is 6.17. The molecular weight excluding hydrogens is 232 g/mol. The minimum Gasteiger partial charge on any atom is -0.381 e. The van der Waals surface area contributed by atoms with E-state index in [2.05, 4.69) is 48.3 Å². The second kappa shape index (κ2) is 5.44. The number of hydrogen-bond acceptors (Lipinski definition) is 2. The maximum atomic E-state index is 3.57. The van der Waals surface area contributed by atoms with E-state index in [-0.39, 0.29) is 0 Å². The van der Waals surface area contributed by atoms with Gasteiger partial charge in [0.2, 0.25) is 0 Å². The van der Waals surface area contributed by atoms with E-state index in [0.29, 0.717) is 6.04 Å². The van der Waals surface area contributed by atoms with Crippen LogP contribution < -0.4 is 10.2 Å². The minimum atomic E-state index is 0.604. The molecule has 1 aliphatic heterocycles. The highest BCUT2D eigenvalue weighted by molar-refractivity contribution is 5.73. The van der Waals surface area contributed by atoms with Crippen LogP contribution in [0.15, 0.2) is 24.3 Å². The number of nitrogens with zero attached hydrogens (tertiary/aromatic N) is 1. The fourth-order valence-electron chi connectivity index (χ4n) is 3.98. The molecule has 3 unspecified atom stereocenters. The highest BCUT2D eigenvalue weighted by Gasteiger charge is 2.34. The molecule has 1 fully saturated rings. The zero-order valence-electron chi connectivity index (χ0n) is 12.2. The summed E-state index contributed by atoms with van der Waals surface area (Å²) in [4.78, 5) is 2.72. The number of para-hydroxylation sites is 2. The Bertz CT molecular complexity index is 429. The molecule has 2 aliphatic rings. The van der Waals surface area contributed by atoms with Gasteiger partial charge in [0.25, 0.3) is 0 Å². The molecule has 19 heavy (non-hydrogen) atoms. The first-order chi connectivity index (χ1) is 9.31. The molecule has 3 atom stereocenters. The molecule has 0 bridgehead atoms. The largest absolute Gasteiger partial charge is 0.381 e. The summed E-state index contributed by atoms with van der Waals surface area (Å²) >= 11 is 0. The van der Waals surface area contributed by atoms with Crippen LogP contribution in [0.4, 0.5) is 11.4 Å². The summed E-state index contributed by atoms with van der Waals surface area (Å²) in [7, 11) is 0. The van der Waals surface area contributed by atoms with Crippen molar-refractivity contribution in [1.29, 1.82) is 0 Å². The Morgan fingerprint density at radius 2 is 2.00 bits per heavy atom. The smallest absolute Gasteiger partial charge is 0.0607 e. The number of fused-ring (bicyclic) bond motifs is 1. The van der Waals surface area contributed by atoms with E-state index in [0.717, 1.165) is 18.5 Å². The van der Waals surface area contributed by atoms with Gasteiger partial charge in [-0.25, -0.2) is 0 Å². The van der Waals surface area contributed by atoms with Crippen LogP contribution in [0.2, 0.25) is 0 Å². The maximum Gasteiger partial charge on any atom is 0.0607 e. The van der Waals surface area contributed by atoms with Gasteiger partial charge in [-0.1, -0.05) is 38.3 Å². The Kier molecular flexibility index (Phi) is 3.67. The van der Waals surface area contributed by atoms with Gasteiger partial charge in [0.15, 0.2) is 0 Å². The molecule has 0 saturated heterocycles. The van der Waals surface area contributed by atoms with Gasteiger partial charge in [-0.15, -0.1) is 0 Å². The lowest BCUT2D eigenvalue weighted by Gasteiger charge is -2.47. The molecule has 2 nitrogen and oxygen atoms in total. The molecule has 104 valence electrons. The molecule has 1 aliphatic carbocycles. The average molecular weight is 258 g/mol. The van der Waals surface area contributed by atoms with Crippen molar-refractivity contribution in [3.8, 4) is 0 Å². The number of hydrogen-bond donors (Lipinski definition) is 1. The van der Waals surface area contributed by atoms with Crippen molar-refractivity contribution in [1.82, 2.24) is 0 Å². The topological polar surface area (TPSA) is 15.3 Å². The molecule has 1 aromatic carbocycles. The normalized spacial score (nSPS) is 30.6. The van der Waals surface area contributed by atoms with Crippen LogP contribution in [0.3, 0.4) is 0 Å². The summed E-state index contributed by atoms with van der Waals surface area (Å²) in [6, 6.07) is 10.2. The number of nitrogens with one attached hydrogen (secondary N) is 1. The SMILES string of the molecule is CCC1CCCCC1N1c2ccccc2NCC1C. The summed E-state index contributed by atoms with van der Waals surface area (Å²) in [5, 5.41) is 3.57. The Hall–Kier alpha value is -1.18. The Balaban J connectivity index is 1.93. The third-order valence-corrected chi connectivity index (χ3v) is 5.00. The van der Waals surface area contributed by atoms with E-state index in [9.17, 15) is 0 Å². The van der Waals surface area contributed by atoms with Crippen molar-refractivity contribution in [3.63, 3.8) is 0 Å². The van der Waals surface area contributed by atoms with Crippen LogP contribution >= 0.6 is 0 Å². The van der Waals surface area contributed by atoms with Crippen LogP contribution in [0, 0.1) is 5.92 Å². The molecule has 1 saturated carbocycles. The molecule has 2 heteroatoms. The Morgan fingerprint density at radius 1 is 1.21 bits per heavy atom. The highest BCUT2D eigenvalue weighted by atomic mass is 15.2. The molecule has 0 aromatic heterocycles. The standard InChI is InChI=1S/C17H26N2/c1-3-14-8-4-6-10-16(14)19-13(2)12-18-15-9-5-7-11-17(15)19/h5,7,9,11,13-14,16,18H,3-4,6,8,10,12H2,1-2H3. The van der Waals surface area contributed by atoms with Gasteiger partial charge < -0.3 is 10.2 Å². The van der Waals surface area contributed by atoms with Crippen molar-refractivity contribution in [2.75, 3.05) is 16.8 Å². The fourth-order valence-corrected chi connectivity index (χ4v) is 3.98. The molecule has 1 N–H and O–H groups in total. The van der Waals surface area contributed by atoms with Gasteiger partial charge in [-0.3, -0.25) is 0 Å². The van der Waals surface area contributed by atoms with E-state index >= 15 is 0 Å². The Labute approximate surface area is 117 Å². The lowest BCUT2D eigenvalue weighted by Crippen LogP contribution is -2.52. The number of anilines is 2. The second-order valence-corrected chi connectivity index (χ2v) is 6.17. The van der Waals surface area contributed by atoms with E-state index in [4.69, 9.17) is 0 Å². The van der Waals surface area contributed by atoms with E-state index in [1.165, 1.54) is 43.5 Å². The van der Waals surface area contributed by atoms with Gasteiger partial charge in [0.05, 0.1) is 11.4 Å². The van der Waals surface area contributed by atoms with Gasteiger partial charge in [-0.2, -0.15) is 0 Å². The summed E-state index contributed by atoms with van der Waals surface area (Å²) in [6.07, 6.45) is 6.94. The molecule has 1 heterocycles. The van der Waals surface area contributed by atoms with Crippen molar-refractivity contribution in [3.05, 3.63) is 24.3 Å². The first kappa shape index (κ1) is 12.8. The number of rotatable bonds is 2. The monoisotopic (exact) mass is 258 g/mol. The Morgan fingerprint density at radius 3 is 2.84 bits per heavy atom. The maximum absolute atomic E-state index is 3.57. The third kappa shape index (κ3) is 2.33. The van der Waals surface area contributed by atoms with Crippen LogP contribution in [0.25, 0.3) is 0 Å². The van der Waals surface area contributed by atoms with Gasteiger partial charge in [0, 0.05) is 18.6 Å². The predicted molar refractivity (Wildman–Crippen MR) is 82.9 cm³/mol. The van der Waals surface area contributed by atoms with Gasteiger partial charge in [0.1, 0.15) is 0 Å². The van der Waals surface area contributed by atoms with Crippen molar-refractivity contribution in [2.24, 2.45) is 5.92 Å². The lowest BCUT2D eigenvalue weighted by atomic mass is 9.81. The van der Waals surface area contributed by atoms with Gasteiger partial charge >= 0.3 is 0 Å². The van der Waals surface area contributed by atoms with Crippen molar-refractivity contribution in [2.45, 2.75) is 58.0 Å². The first-order valence-corrected chi connectivity index (χ1v) is 7.92.